The van der Waals surface area contributed by atoms with Crippen LogP contribution >= 0.6 is 0 Å². The van der Waals surface area contributed by atoms with Crippen LogP contribution in [-0.2, 0) is 4.74 Å². The fourth-order valence-electron chi connectivity index (χ4n) is 1.17. The summed E-state index contributed by atoms with van der Waals surface area (Å²) in [6.07, 6.45) is 0.916. The van der Waals surface area contributed by atoms with Crippen LogP contribution < -0.4 is 5.32 Å². The van der Waals surface area contributed by atoms with Crippen LogP contribution in [0.1, 0.15) is 13.3 Å². The van der Waals surface area contributed by atoms with Crippen LogP contribution in [0.25, 0.3) is 0 Å². The quantitative estimate of drug-likeness (QED) is 0.602. The highest BCUT2D eigenvalue weighted by Crippen LogP contribution is 2.16. The molecule has 0 aliphatic carbocycles. The van der Waals surface area contributed by atoms with Crippen LogP contribution in [-0.4, -0.2) is 19.8 Å². The Balaban J connectivity index is 2.43. The van der Waals surface area contributed by atoms with Gasteiger partial charge in [-0.1, -0.05) is 6.92 Å². The minimum atomic E-state index is -1.45. The van der Waals surface area contributed by atoms with Crippen molar-refractivity contribution in [3.8, 4) is 0 Å². The molecule has 1 aromatic carbocycles. The Labute approximate surface area is 92.4 Å². The number of halogens is 3. The van der Waals surface area contributed by atoms with E-state index in [9.17, 15) is 13.2 Å². The topological polar surface area (TPSA) is 21.3 Å². The van der Waals surface area contributed by atoms with Crippen LogP contribution in [0.5, 0.6) is 0 Å². The normalized spacial score (nSPS) is 10.5. The van der Waals surface area contributed by atoms with Gasteiger partial charge >= 0.3 is 0 Å². The first kappa shape index (κ1) is 12.8. The maximum atomic E-state index is 12.8. The van der Waals surface area contributed by atoms with E-state index in [1.807, 2.05) is 6.92 Å². The van der Waals surface area contributed by atoms with Crippen molar-refractivity contribution >= 4 is 5.69 Å². The first-order valence-corrected chi connectivity index (χ1v) is 5.11. The Morgan fingerprint density at radius 3 is 2.31 bits per heavy atom. The molecule has 0 heterocycles. The zero-order valence-electron chi connectivity index (χ0n) is 9.03. The molecule has 0 spiro atoms. The van der Waals surface area contributed by atoms with Gasteiger partial charge < -0.3 is 10.1 Å². The number of hydrogen-bond donors (Lipinski definition) is 1. The van der Waals surface area contributed by atoms with Crippen molar-refractivity contribution in [2.75, 3.05) is 25.1 Å². The van der Waals surface area contributed by atoms with Gasteiger partial charge in [0.05, 0.1) is 6.61 Å². The van der Waals surface area contributed by atoms with Gasteiger partial charge in [-0.25, -0.2) is 13.2 Å². The standard InChI is InChI=1S/C11H14F3NO/c1-2-4-16-5-3-15-8-6-9(12)11(14)10(13)7-8/h6-7,15H,2-5H2,1H3. The van der Waals surface area contributed by atoms with E-state index < -0.39 is 17.5 Å². The molecule has 5 heteroatoms. The molecular formula is C11H14F3NO. The van der Waals surface area contributed by atoms with Crippen molar-refractivity contribution in [1.82, 2.24) is 0 Å². The molecule has 0 aliphatic rings. The van der Waals surface area contributed by atoms with E-state index in [4.69, 9.17) is 4.74 Å². The summed E-state index contributed by atoms with van der Waals surface area (Å²) in [5, 5.41) is 2.74. The lowest BCUT2D eigenvalue weighted by Gasteiger charge is -2.07. The predicted octanol–water partition coefficient (Wildman–Crippen LogP) is 2.94. The number of nitrogens with one attached hydrogen (secondary N) is 1. The highest BCUT2D eigenvalue weighted by Gasteiger charge is 2.09. The zero-order valence-corrected chi connectivity index (χ0v) is 9.03. The first-order chi connectivity index (χ1) is 7.65. The summed E-state index contributed by atoms with van der Waals surface area (Å²) in [6.45, 7) is 3.49. The molecule has 0 amide bonds. The van der Waals surface area contributed by atoms with E-state index in [-0.39, 0.29) is 5.69 Å². The largest absolute Gasteiger partial charge is 0.383 e. The SMILES string of the molecule is CCCOCCNc1cc(F)c(F)c(F)c1. The number of ether oxygens (including phenoxy) is 1. The second-order valence-corrected chi connectivity index (χ2v) is 3.29. The Morgan fingerprint density at radius 1 is 1.12 bits per heavy atom. The van der Waals surface area contributed by atoms with Gasteiger partial charge in [-0.3, -0.25) is 0 Å². The van der Waals surface area contributed by atoms with Crippen LogP contribution in [0.2, 0.25) is 0 Å². The lowest BCUT2D eigenvalue weighted by atomic mass is 10.3. The maximum absolute atomic E-state index is 12.8. The van der Waals surface area contributed by atoms with E-state index in [0.29, 0.717) is 19.8 Å². The highest BCUT2D eigenvalue weighted by atomic mass is 19.2. The van der Waals surface area contributed by atoms with E-state index in [1.54, 1.807) is 0 Å². The van der Waals surface area contributed by atoms with Gasteiger partial charge in [0.15, 0.2) is 17.5 Å². The van der Waals surface area contributed by atoms with Gasteiger partial charge in [-0.05, 0) is 6.42 Å². The molecule has 0 atom stereocenters. The second-order valence-electron chi connectivity index (χ2n) is 3.29. The van der Waals surface area contributed by atoms with E-state index in [1.165, 1.54) is 0 Å². The fourth-order valence-corrected chi connectivity index (χ4v) is 1.17. The lowest BCUT2D eigenvalue weighted by Crippen LogP contribution is -2.10. The van der Waals surface area contributed by atoms with Crippen molar-refractivity contribution < 1.29 is 17.9 Å². The average molecular weight is 233 g/mol. The smallest absolute Gasteiger partial charge is 0.194 e. The lowest BCUT2D eigenvalue weighted by molar-refractivity contribution is 0.144. The predicted molar refractivity (Wildman–Crippen MR) is 55.9 cm³/mol. The van der Waals surface area contributed by atoms with Gasteiger partial charge in [0, 0.05) is 31.0 Å². The third kappa shape index (κ3) is 3.73. The van der Waals surface area contributed by atoms with Gasteiger partial charge in [0.25, 0.3) is 0 Å². The Kier molecular flexibility index (Phi) is 5.11. The molecule has 1 aromatic rings. The van der Waals surface area contributed by atoms with Crippen molar-refractivity contribution in [2.24, 2.45) is 0 Å². The molecule has 0 fully saturated rings. The monoisotopic (exact) mass is 233 g/mol. The summed E-state index contributed by atoms with van der Waals surface area (Å²) < 4.78 is 43.3. The minimum Gasteiger partial charge on any atom is -0.383 e. The molecule has 90 valence electrons. The summed E-state index contributed by atoms with van der Waals surface area (Å²) in [7, 11) is 0. The Hall–Kier alpha value is -1.23. The molecule has 16 heavy (non-hydrogen) atoms. The number of rotatable bonds is 6. The van der Waals surface area contributed by atoms with Crippen LogP contribution in [0.4, 0.5) is 18.9 Å². The summed E-state index contributed by atoms with van der Waals surface area (Å²) in [4.78, 5) is 0. The average Bonchev–Trinajstić information content (AvgIpc) is 2.25. The number of benzene rings is 1. The molecule has 1 N–H and O–H groups in total. The number of anilines is 1. The molecule has 0 saturated carbocycles. The molecule has 0 bridgehead atoms. The van der Waals surface area contributed by atoms with Gasteiger partial charge in [0.1, 0.15) is 0 Å². The second kappa shape index (κ2) is 6.37. The third-order valence-corrected chi connectivity index (χ3v) is 1.91. The molecule has 0 aromatic heterocycles. The Bertz CT molecular complexity index is 321. The van der Waals surface area contributed by atoms with Crippen LogP contribution in [0.15, 0.2) is 12.1 Å². The zero-order chi connectivity index (χ0) is 12.0. The first-order valence-electron chi connectivity index (χ1n) is 5.11. The maximum Gasteiger partial charge on any atom is 0.194 e. The van der Waals surface area contributed by atoms with E-state index in [0.717, 1.165) is 18.6 Å². The molecule has 1 rings (SSSR count). The van der Waals surface area contributed by atoms with E-state index in [2.05, 4.69) is 5.32 Å². The minimum absolute atomic E-state index is 0.205. The number of hydrogen-bond acceptors (Lipinski definition) is 2. The van der Waals surface area contributed by atoms with Crippen molar-refractivity contribution in [3.63, 3.8) is 0 Å². The fraction of sp³-hybridized carbons (Fsp3) is 0.455. The third-order valence-electron chi connectivity index (χ3n) is 1.91. The van der Waals surface area contributed by atoms with Crippen molar-refractivity contribution in [1.29, 1.82) is 0 Å². The van der Waals surface area contributed by atoms with Gasteiger partial charge in [-0.15, -0.1) is 0 Å². The molecule has 0 aliphatic heterocycles. The Morgan fingerprint density at radius 2 is 1.75 bits per heavy atom. The molecule has 2 nitrogen and oxygen atoms in total. The summed E-state index contributed by atoms with van der Waals surface area (Å²) in [6, 6.07) is 1.83. The molecule has 0 saturated heterocycles. The highest BCUT2D eigenvalue weighted by molar-refractivity contribution is 5.43. The van der Waals surface area contributed by atoms with E-state index >= 15 is 0 Å². The summed E-state index contributed by atoms with van der Waals surface area (Å²) >= 11 is 0. The van der Waals surface area contributed by atoms with Gasteiger partial charge in [-0.2, -0.15) is 0 Å². The molecule has 0 unspecified atom stereocenters. The summed E-state index contributed by atoms with van der Waals surface area (Å²) in [5.41, 5.74) is 0.205. The van der Waals surface area contributed by atoms with Gasteiger partial charge in [0.2, 0.25) is 0 Å². The summed E-state index contributed by atoms with van der Waals surface area (Å²) in [5.74, 6) is -3.85. The van der Waals surface area contributed by atoms with Crippen molar-refractivity contribution in [3.05, 3.63) is 29.6 Å². The van der Waals surface area contributed by atoms with Crippen LogP contribution in [0.3, 0.4) is 0 Å². The van der Waals surface area contributed by atoms with Crippen molar-refractivity contribution in [2.45, 2.75) is 13.3 Å². The van der Waals surface area contributed by atoms with Crippen LogP contribution in [0, 0.1) is 17.5 Å². The molecule has 0 radical (unpaired) electrons. The molecular weight excluding hydrogens is 219 g/mol.